The van der Waals surface area contributed by atoms with Crippen molar-refractivity contribution in [3.8, 4) is 0 Å². The summed E-state index contributed by atoms with van der Waals surface area (Å²) < 4.78 is 31.9. The number of carbonyl (C=O) groups excluding carboxylic acids is 1. The number of benzene rings is 2. The van der Waals surface area contributed by atoms with E-state index in [-0.39, 0.29) is 10.5 Å². The second kappa shape index (κ2) is 8.18. The Labute approximate surface area is 157 Å². The quantitative estimate of drug-likeness (QED) is 0.842. The summed E-state index contributed by atoms with van der Waals surface area (Å²) in [6, 6.07) is 12.5. The van der Waals surface area contributed by atoms with Crippen LogP contribution in [0.4, 0.5) is 0 Å². The maximum atomic E-state index is 12.3. The summed E-state index contributed by atoms with van der Waals surface area (Å²) >= 11 is 5.76. The van der Waals surface area contributed by atoms with Crippen LogP contribution in [0.25, 0.3) is 0 Å². The number of amides is 1. The first-order chi connectivity index (χ1) is 12.4. The van der Waals surface area contributed by atoms with Crippen LogP contribution in [0.2, 0.25) is 5.02 Å². The molecule has 0 bridgehead atoms. The van der Waals surface area contributed by atoms with E-state index < -0.39 is 15.9 Å². The second-order valence-electron chi connectivity index (χ2n) is 5.97. The third-order valence-corrected chi connectivity index (χ3v) is 5.68. The van der Waals surface area contributed by atoms with Crippen molar-refractivity contribution >= 4 is 27.5 Å². The highest BCUT2D eigenvalue weighted by atomic mass is 35.5. The highest BCUT2D eigenvalue weighted by Gasteiger charge is 2.19. The Kier molecular flexibility index (Phi) is 5.93. The molecule has 0 aromatic heterocycles. The SMILES string of the molecule is O=C(NS(=O)(=O)c1ccc(Cl)cc1)c1ccc(CN2CCOCC2)cc1. The molecule has 1 heterocycles. The van der Waals surface area contributed by atoms with Crippen molar-refractivity contribution in [2.75, 3.05) is 26.3 Å². The molecular weight excluding hydrogens is 376 g/mol. The van der Waals surface area contributed by atoms with Gasteiger partial charge in [-0.1, -0.05) is 23.7 Å². The van der Waals surface area contributed by atoms with Crippen LogP contribution in [0.3, 0.4) is 0 Å². The molecule has 2 aromatic carbocycles. The molecule has 0 atom stereocenters. The van der Waals surface area contributed by atoms with Gasteiger partial charge in [0.2, 0.25) is 0 Å². The van der Waals surface area contributed by atoms with Crippen LogP contribution in [0, 0.1) is 0 Å². The van der Waals surface area contributed by atoms with Crippen LogP contribution >= 0.6 is 11.6 Å². The molecule has 0 saturated carbocycles. The number of hydrogen-bond donors (Lipinski definition) is 1. The Morgan fingerprint density at radius 2 is 1.65 bits per heavy atom. The monoisotopic (exact) mass is 394 g/mol. The Hall–Kier alpha value is -1.93. The first kappa shape index (κ1) is 18.8. The number of halogens is 1. The van der Waals surface area contributed by atoms with Gasteiger partial charge in [0.05, 0.1) is 18.1 Å². The maximum Gasteiger partial charge on any atom is 0.264 e. The average Bonchev–Trinajstić information content (AvgIpc) is 2.63. The lowest BCUT2D eigenvalue weighted by atomic mass is 10.1. The topological polar surface area (TPSA) is 75.7 Å². The minimum Gasteiger partial charge on any atom is -0.379 e. The molecule has 1 N–H and O–H groups in total. The number of rotatable bonds is 5. The van der Waals surface area contributed by atoms with E-state index in [0.717, 1.165) is 38.4 Å². The molecule has 8 heteroatoms. The standard InChI is InChI=1S/C18H19ClN2O4S/c19-16-5-7-17(8-6-16)26(23,24)20-18(22)15-3-1-14(2-4-15)13-21-9-11-25-12-10-21/h1-8H,9-13H2,(H,20,22). The fourth-order valence-corrected chi connectivity index (χ4v) is 3.73. The number of sulfonamides is 1. The van der Waals surface area contributed by atoms with Gasteiger partial charge in [0.1, 0.15) is 0 Å². The summed E-state index contributed by atoms with van der Waals surface area (Å²) in [4.78, 5) is 14.5. The second-order valence-corrected chi connectivity index (χ2v) is 8.09. The van der Waals surface area contributed by atoms with Crippen molar-refractivity contribution in [2.24, 2.45) is 0 Å². The molecule has 0 radical (unpaired) electrons. The molecular formula is C18H19ClN2O4S. The molecule has 26 heavy (non-hydrogen) atoms. The molecule has 0 unspecified atom stereocenters. The van der Waals surface area contributed by atoms with E-state index in [1.165, 1.54) is 24.3 Å². The van der Waals surface area contributed by atoms with Crippen LogP contribution in [-0.2, 0) is 21.3 Å². The van der Waals surface area contributed by atoms with Gasteiger partial charge in [-0.15, -0.1) is 0 Å². The van der Waals surface area contributed by atoms with Gasteiger partial charge in [-0.2, -0.15) is 0 Å². The normalized spacial score (nSPS) is 15.6. The van der Waals surface area contributed by atoms with Gasteiger partial charge in [-0.25, -0.2) is 13.1 Å². The zero-order valence-corrected chi connectivity index (χ0v) is 15.6. The molecule has 1 saturated heterocycles. The lowest BCUT2D eigenvalue weighted by Crippen LogP contribution is -2.35. The fraction of sp³-hybridized carbons (Fsp3) is 0.278. The van der Waals surface area contributed by atoms with Crippen molar-refractivity contribution < 1.29 is 17.9 Å². The van der Waals surface area contributed by atoms with Crippen LogP contribution < -0.4 is 4.72 Å². The van der Waals surface area contributed by atoms with E-state index in [2.05, 4.69) is 9.62 Å². The average molecular weight is 395 g/mol. The molecule has 1 amide bonds. The third-order valence-electron chi connectivity index (χ3n) is 4.08. The van der Waals surface area contributed by atoms with E-state index >= 15 is 0 Å². The summed E-state index contributed by atoms with van der Waals surface area (Å²) in [5, 5.41) is 0.422. The summed E-state index contributed by atoms with van der Waals surface area (Å²) in [6.07, 6.45) is 0. The Morgan fingerprint density at radius 1 is 1.04 bits per heavy atom. The van der Waals surface area contributed by atoms with E-state index in [1.807, 2.05) is 12.1 Å². The maximum absolute atomic E-state index is 12.3. The molecule has 6 nitrogen and oxygen atoms in total. The zero-order chi connectivity index (χ0) is 18.6. The predicted octanol–water partition coefficient (Wildman–Crippen LogP) is 2.29. The molecule has 3 rings (SSSR count). The number of morpholine rings is 1. The van der Waals surface area contributed by atoms with Crippen LogP contribution in [-0.4, -0.2) is 45.5 Å². The molecule has 0 spiro atoms. The van der Waals surface area contributed by atoms with Gasteiger partial charge < -0.3 is 4.74 Å². The number of hydrogen-bond acceptors (Lipinski definition) is 5. The predicted molar refractivity (Wildman–Crippen MR) is 98.6 cm³/mol. The molecule has 1 fully saturated rings. The van der Waals surface area contributed by atoms with E-state index in [1.54, 1.807) is 12.1 Å². The number of ether oxygens (including phenoxy) is 1. The lowest BCUT2D eigenvalue weighted by molar-refractivity contribution is 0.0342. The number of nitrogens with zero attached hydrogens (tertiary/aromatic N) is 1. The summed E-state index contributed by atoms with van der Waals surface area (Å²) in [5.41, 5.74) is 1.34. The third kappa shape index (κ3) is 4.82. The first-order valence-electron chi connectivity index (χ1n) is 8.16. The Morgan fingerprint density at radius 3 is 2.27 bits per heavy atom. The largest absolute Gasteiger partial charge is 0.379 e. The molecule has 138 valence electrons. The summed E-state index contributed by atoms with van der Waals surface area (Å²) in [5.74, 6) is -0.669. The molecule has 2 aromatic rings. The van der Waals surface area contributed by atoms with E-state index in [0.29, 0.717) is 5.02 Å². The fourth-order valence-electron chi connectivity index (χ4n) is 2.63. The minimum absolute atomic E-state index is 0.0146. The first-order valence-corrected chi connectivity index (χ1v) is 10.0. The van der Waals surface area contributed by atoms with Crippen LogP contribution in [0.15, 0.2) is 53.4 Å². The van der Waals surface area contributed by atoms with Gasteiger partial charge in [-0.05, 0) is 42.0 Å². The Balaban J connectivity index is 1.65. The minimum atomic E-state index is -3.94. The smallest absolute Gasteiger partial charge is 0.264 e. The van der Waals surface area contributed by atoms with Gasteiger partial charge in [0.25, 0.3) is 15.9 Å². The van der Waals surface area contributed by atoms with Crippen molar-refractivity contribution in [2.45, 2.75) is 11.4 Å². The summed E-state index contributed by atoms with van der Waals surface area (Å²) in [7, 11) is -3.94. The van der Waals surface area contributed by atoms with Gasteiger partial charge >= 0.3 is 0 Å². The number of nitrogens with one attached hydrogen (secondary N) is 1. The number of carbonyl (C=O) groups is 1. The van der Waals surface area contributed by atoms with Crippen LogP contribution in [0.5, 0.6) is 0 Å². The van der Waals surface area contributed by atoms with Crippen molar-refractivity contribution in [3.05, 3.63) is 64.7 Å². The van der Waals surface area contributed by atoms with E-state index in [9.17, 15) is 13.2 Å². The van der Waals surface area contributed by atoms with Crippen LogP contribution in [0.1, 0.15) is 15.9 Å². The molecule has 1 aliphatic rings. The van der Waals surface area contributed by atoms with Crippen molar-refractivity contribution in [3.63, 3.8) is 0 Å². The molecule has 1 aliphatic heterocycles. The van der Waals surface area contributed by atoms with Crippen molar-refractivity contribution in [1.29, 1.82) is 0 Å². The zero-order valence-electron chi connectivity index (χ0n) is 14.0. The summed E-state index contributed by atoms with van der Waals surface area (Å²) in [6.45, 7) is 3.98. The van der Waals surface area contributed by atoms with Gasteiger partial charge in [-0.3, -0.25) is 9.69 Å². The highest BCUT2D eigenvalue weighted by molar-refractivity contribution is 7.90. The Bertz CT molecular complexity index is 861. The van der Waals surface area contributed by atoms with Gasteiger partial charge in [0, 0.05) is 30.2 Å². The van der Waals surface area contributed by atoms with Gasteiger partial charge in [0.15, 0.2) is 0 Å². The lowest BCUT2D eigenvalue weighted by Gasteiger charge is -2.26. The molecule has 0 aliphatic carbocycles. The van der Waals surface area contributed by atoms with Crippen molar-refractivity contribution in [1.82, 2.24) is 9.62 Å². The highest BCUT2D eigenvalue weighted by Crippen LogP contribution is 2.15. The van der Waals surface area contributed by atoms with E-state index in [4.69, 9.17) is 16.3 Å².